The molecule has 1 fully saturated rings. The average Bonchev–Trinajstić information content (AvgIpc) is 3.12. The van der Waals surface area contributed by atoms with Gasteiger partial charge >= 0.3 is 0 Å². The minimum atomic E-state index is -0.885. The molecule has 5 heteroatoms. The number of nitrogens with one attached hydrogen (secondary N) is 2. The Morgan fingerprint density at radius 2 is 1.74 bits per heavy atom. The minimum Gasteiger partial charge on any atom is -0.353 e. The lowest BCUT2D eigenvalue weighted by Gasteiger charge is -2.17. The largest absolute Gasteiger partial charge is 0.353 e. The van der Waals surface area contributed by atoms with Crippen molar-refractivity contribution in [2.75, 3.05) is 5.32 Å². The Bertz CT molecular complexity index is 493. The van der Waals surface area contributed by atoms with Gasteiger partial charge in [-0.1, -0.05) is 11.6 Å². The summed E-state index contributed by atoms with van der Waals surface area (Å²) in [6, 6.07) is 6.87. The van der Waals surface area contributed by atoms with Crippen LogP contribution in [0.5, 0.6) is 0 Å². The van der Waals surface area contributed by atoms with Crippen LogP contribution in [0.2, 0.25) is 5.02 Å². The molecule has 0 bridgehead atoms. The molecular weight excluding hydrogens is 264 g/mol. The number of halogens is 1. The number of hydrogen-bond donors (Lipinski definition) is 2. The first kappa shape index (κ1) is 13.9. The van der Waals surface area contributed by atoms with Crippen molar-refractivity contribution in [1.82, 2.24) is 5.32 Å². The van der Waals surface area contributed by atoms with Crippen molar-refractivity contribution in [2.24, 2.45) is 5.41 Å². The second kappa shape index (κ2) is 5.21. The molecule has 0 radical (unpaired) electrons. The van der Waals surface area contributed by atoms with Gasteiger partial charge in [-0.05, 0) is 51.0 Å². The van der Waals surface area contributed by atoms with Gasteiger partial charge in [-0.15, -0.1) is 0 Å². The molecule has 0 unspecified atom stereocenters. The van der Waals surface area contributed by atoms with Crippen LogP contribution >= 0.6 is 11.6 Å². The second-order valence-corrected chi connectivity index (χ2v) is 5.61. The van der Waals surface area contributed by atoms with Crippen molar-refractivity contribution in [3.05, 3.63) is 29.3 Å². The molecule has 0 spiro atoms. The van der Waals surface area contributed by atoms with E-state index in [0.29, 0.717) is 23.6 Å². The normalized spacial score (nSPS) is 16.0. The number of amides is 2. The van der Waals surface area contributed by atoms with Gasteiger partial charge in [0.05, 0.1) is 0 Å². The lowest BCUT2D eigenvalue weighted by atomic mass is 10.0. The first-order chi connectivity index (χ1) is 8.94. The van der Waals surface area contributed by atoms with E-state index in [4.69, 9.17) is 11.6 Å². The van der Waals surface area contributed by atoms with Crippen LogP contribution < -0.4 is 10.6 Å². The Labute approximate surface area is 117 Å². The topological polar surface area (TPSA) is 58.2 Å². The van der Waals surface area contributed by atoms with Crippen molar-refractivity contribution < 1.29 is 9.59 Å². The maximum Gasteiger partial charge on any atom is 0.240 e. The Kier molecular flexibility index (Phi) is 3.80. The third-order valence-corrected chi connectivity index (χ3v) is 3.39. The molecule has 1 saturated carbocycles. The highest BCUT2D eigenvalue weighted by Gasteiger charge is 2.56. The first-order valence-corrected chi connectivity index (χ1v) is 6.70. The van der Waals surface area contributed by atoms with Gasteiger partial charge in [0, 0.05) is 16.8 Å². The highest BCUT2D eigenvalue weighted by molar-refractivity contribution is 6.30. The average molecular weight is 281 g/mol. The summed E-state index contributed by atoms with van der Waals surface area (Å²) in [4.78, 5) is 24.2. The molecule has 19 heavy (non-hydrogen) atoms. The predicted molar refractivity (Wildman–Crippen MR) is 75.0 cm³/mol. The molecule has 0 aromatic heterocycles. The number of rotatable bonds is 4. The van der Waals surface area contributed by atoms with Crippen LogP contribution in [0.1, 0.15) is 26.7 Å². The van der Waals surface area contributed by atoms with Crippen LogP contribution in [0, 0.1) is 5.41 Å². The van der Waals surface area contributed by atoms with Crippen LogP contribution in [0.25, 0.3) is 0 Å². The maximum atomic E-state index is 12.2. The fourth-order valence-electron chi connectivity index (χ4n) is 1.87. The summed E-state index contributed by atoms with van der Waals surface area (Å²) in [5.41, 5.74) is -0.234. The molecule has 0 atom stereocenters. The zero-order valence-corrected chi connectivity index (χ0v) is 11.8. The van der Waals surface area contributed by atoms with E-state index in [9.17, 15) is 9.59 Å². The standard InChI is InChI=1S/C14H17ClN2O2/c1-9(2)16-12(18)14(7-8-14)13(19)17-11-5-3-10(15)4-6-11/h3-6,9H,7-8H2,1-2H3,(H,16,18)(H,17,19). The van der Waals surface area contributed by atoms with Crippen LogP contribution in [0.15, 0.2) is 24.3 Å². The fourth-order valence-corrected chi connectivity index (χ4v) is 1.99. The summed E-state index contributed by atoms with van der Waals surface area (Å²) in [5, 5.41) is 6.18. The molecule has 0 heterocycles. The number of carbonyl (C=O) groups is 2. The molecule has 2 amide bonds. The molecule has 1 aliphatic carbocycles. The monoisotopic (exact) mass is 280 g/mol. The van der Waals surface area contributed by atoms with E-state index >= 15 is 0 Å². The summed E-state index contributed by atoms with van der Waals surface area (Å²) in [7, 11) is 0. The summed E-state index contributed by atoms with van der Waals surface area (Å²) >= 11 is 5.78. The van der Waals surface area contributed by atoms with Gasteiger partial charge in [-0.25, -0.2) is 0 Å². The van der Waals surface area contributed by atoms with E-state index in [2.05, 4.69) is 10.6 Å². The van der Waals surface area contributed by atoms with E-state index in [0.717, 1.165) is 0 Å². The van der Waals surface area contributed by atoms with E-state index < -0.39 is 5.41 Å². The third kappa shape index (κ3) is 3.07. The zero-order valence-electron chi connectivity index (χ0n) is 11.0. The fraction of sp³-hybridized carbons (Fsp3) is 0.429. The molecule has 1 aromatic carbocycles. The first-order valence-electron chi connectivity index (χ1n) is 6.32. The predicted octanol–water partition coefficient (Wildman–Crippen LogP) is 2.58. The minimum absolute atomic E-state index is 0.0355. The van der Waals surface area contributed by atoms with Crippen LogP contribution in [0.4, 0.5) is 5.69 Å². The Morgan fingerprint density at radius 1 is 1.16 bits per heavy atom. The Morgan fingerprint density at radius 3 is 2.21 bits per heavy atom. The van der Waals surface area contributed by atoms with Gasteiger partial charge in [0.15, 0.2) is 0 Å². The van der Waals surface area contributed by atoms with E-state index in [1.807, 2.05) is 13.8 Å². The van der Waals surface area contributed by atoms with Gasteiger partial charge < -0.3 is 10.6 Å². The number of carbonyl (C=O) groups excluding carboxylic acids is 2. The molecule has 1 aliphatic rings. The Balaban J connectivity index is 2.03. The molecule has 2 rings (SSSR count). The molecule has 0 aliphatic heterocycles. The maximum absolute atomic E-state index is 12.2. The van der Waals surface area contributed by atoms with Crippen molar-refractivity contribution >= 4 is 29.1 Å². The van der Waals surface area contributed by atoms with Crippen molar-refractivity contribution in [2.45, 2.75) is 32.7 Å². The molecule has 4 nitrogen and oxygen atoms in total. The van der Waals surface area contributed by atoms with E-state index in [1.165, 1.54) is 0 Å². The lowest BCUT2D eigenvalue weighted by molar-refractivity contribution is -0.134. The second-order valence-electron chi connectivity index (χ2n) is 5.17. The van der Waals surface area contributed by atoms with Gasteiger partial charge in [-0.3, -0.25) is 9.59 Å². The summed E-state index contributed by atoms with van der Waals surface area (Å²) in [6.45, 7) is 3.76. The SMILES string of the molecule is CC(C)NC(=O)C1(C(=O)Nc2ccc(Cl)cc2)CC1. The van der Waals surface area contributed by atoms with Crippen LogP contribution in [-0.4, -0.2) is 17.9 Å². The van der Waals surface area contributed by atoms with Crippen LogP contribution in [-0.2, 0) is 9.59 Å². The summed E-state index contributed by atoms with van der Waals surface area (Å²) < 4.78 is 0. The summed E-state index contributed by atoms with van der Waals surface area (Å²) in [5.74, 6) is -0.429. The van der Waals surface area contributed by atoms with Crippen molar-refractivity contribution in [3.63, 3.8) is 0 Å². The van der Waals surface area contributed by atoms with Crippen LogP contribution in [0.3, 0.4) is 0 Å². The number of benzene rings is 1. The quantitative estimate of drug-likeness (QED) is 0.833. The van der Waals surface area contributed by atoms with Crippen molar-refractivity contribution in [1.29, 1.82) is 0 Å². The summed E-state index contributed by atoms with van der Waals surface area (Å²) in [6.07, 6.45) is 1.20. The molecule has 1 aromatic rings. The number of hydrogen-bond acceptors (Lipinski definition) is 2. The van der Waals surface area contributed by atoms with E-state index in [1.54, 1.807) is 24.3 Å². The van der Waals surface area contributed by atoms with Gasteiger partial charge in [0.1, 0.15) is 5.41 Å². The zero-order chi connectivity index (χ0) is 14.0. The molecular formula is C14H17ClN2O2. The molecule has 2 N–H and O–H groups in total. The smallest absolute Gasteiger partial charge is 0.240 e. The highest BCUT2D eigenvalue weighted by atomic mass is 35.5. The number of anilines is 1. The van der Waals surface area contributed by atoms with Gasteiger partial charge in [0.2, 0.25) is 11.8 Å². The Hall–Kier alpha value is -1.55. The van der Waals surface area contributed by atoms with E-state index in [-0.39, 0.29) is 17.9 Å². The van der Waals surface area contributed by atoms with Gasteiger partial charge in [-0.2, -0.15) is 0 Å². The molecule has 0 saturated heterocycles. The molecule has 102 valence electrons. The third-order valence-electron chi connectivity index (χ3n) is 3.14. The highest BCUT2D eigenvalue weighted by Crippen LogP contribution is 2.46. The lowest BCUT2D eigenvalue weighted by Crippen LogP contribution is -2.42. The van der Waals surface area contributed by atoms with Gasteiger partial charge in [0.25, 0.3) is 0 Å². The van der Waals surface area contributed by atoms with Crippen molar-refractivity contribution in [3.8, 4) is 0 Å².